The zero-order valence-electron chi connectivity index (χ0n) is 9.86. The number of aliphatic carboxylic acids is 1. The lowest BCUT2D eigenvalue weighted by molar-refractivity contribution is -0.133. The fraction of sp³-hybridized carbons (Fsp3) is 0.364. The van der Waals surface area contributed by atoms with Crippen molar-refractivity contribution in [3.8, 4) is 0 Å². The second kappa shape index (κ2) is 6.85. The van der Waals surface area contributed by atoms with Gasteiger partial charge in [0.1, 0.15) is 5.69 Å². The number of aromatic amines is 1. The number of carbonyl (C=O) groups excluding carboxylic acids is 2. The number of carbonyl (C=O) groups is 3. The van der Waals surface area contributed by atoms with E-state index < -0.39 is 5.97 Å². The van der Waals surface area contributed by atoms with Crippen LogP contribution in [0.5, 0.6) is 0 Å². The van der Waals surface area contributed by atoms with E-state index in [2.05, 4.69) is 10.3 Å². The number of carboxylic acid groups (broad SMARTS) is 1. The maximum Gasteiger partial charge on any atom is 0.313 e. The molecule has 1 aromatic rings. The molecule has 0 saturated heterocycles. The van der Waals surface area contributed by atoms with Gasteiger partial charge in [0, 0.05) is 24.1 Å². The van der Waals surface area contributed by atoms with Crippen LogP contribution in [0.25, 0.3) is 0 Å². The molecule has 0 radical (unpaired) electrons. The minimum Gasteiger partial charge on any atom is -0.481 e. The summed E-state index contributed by atoms with van der Waals surface area (Å²) in [4.78, 5) is 35.6. The number of aromatic nitrogens is 1. The number of hydrogen-bond acceptors (Lipinski definition) is 4. The predicted molar refractivity (Wildman–Crippen MR) is 68.1 cm³/mol. The van der Waals surface area contributed by atoms with Crippen molar-refractivity contribution >= 4 is 29.4 Å². The van der Waals surface area contributed by atoms with E-state index >= 15 is 0 Å². The van der Waals surface area contributed by atoms with Crippen molar-refractivity contribution in [1.29, 1.82) is 0 Å². The molecular weight excluding hydrogens is 256 g/mol. The summed E-state index contributed by atoms with van der Waals surface area (Å²) in [5.41, 5.74) is 0.781. The van der Waals surface area contributed by atoms with Crippen LogP contribution < -0.4 is 5.32 Å². The van der Waals surface area contributed by atoms with Crippen LogP contribution >= 0.6 is 11.8 Å². The third kappa shape index (κ3) is 4.62. The molecule has 0 aromatic carbocycles. The Morgan fingerprint density at radius 2 is 2.17 bits per heavy atom. The Morgan fingerprint density at radius 1 is 1.44 bits per heavy atom. The van der Waals surface area contributed by atoms with Crippen molar-refractivity contribution in [3.05, 3.63) is 23.5 Å². The maximum absolute atomic E-state index is 11.6. The number of thioether (sulfide) groups is 1. The Labute approximate surface area is 108 Å². The fourth-order valence-electron chi connectivity index (χ4n) is 1.22. The molecule has 3 N–H and O–H groups in total. The normalized spacial score (nSPS) is 10.1. The highest BCUT2D eigenvalue weighted by Gasteiger charge is 2.09. The minimum atomic E-state index is -0.873. The van der Waals surface area contributed by atoms with Gasteiger partial charge in [-0.05, 0) is 13.0 Å². The molecule has 98 valence electrons. The third-order valence-electron chi connectivity index (χ3n) is 2.09. The highest BCUT2D eigenvalue weighted by atomic mass is 32.2. The largest absolute Gasteiger partial charge is 0.481 e. The predicted octanol–water partition coefficient (Wildman–Crippen LogP) is 0.765. The Morgan fingerprint density at radius 3 is 2.72 bits per heavy atom. The van der Waals surface area contributed by atoms with Crippen LogP contribution in [-0.2, 0) is 4.79 Å². The molecule has 6 nitrogen and oxygen atoms in total. The molecule has 1 amide bonds. The molecule has 0 aliphatic carbocycles. The SMILES string of the molecule is CC(=O)c1c[nH]c(C(=O)NCCSCC(=O)O)c1. The molecule has 0 bridgehead atoms. The van der Waals surface area contributed by atoms with Crippen LogP contribution in [0.15, 0.2) is 12.3 Å². The first-order valence-corrected chi connectivity index (χ1v) is 6.43. The number of ketones is 1. The molecule has 18 heavy (non-hydrogen) atoms. The van der Waals surface area contributed by atoms with Gasteiger partial charge in [-0.1, -0.05) is 0 Å². The zero-order valence-corrected chi connectivity index (χ0v) is 10.7. The molecule has 0 aliphatic rings. The van der Waals surface area contributed by atoms with Gasteiger partial charge >= 0.3 is 5.97 Å². The van der Waals surface area contributed by atoms with E-state index in [1.54, 1.807) is 0 Å². The summed E-state index contributed by atoms with van der Waals surface area (Å²) in [7, 11) is 0. The number of H-pyrrole nitrogens is 1. The van der Waals surface area contributed by atoms with E-state index in [4.69, 9.17) is 5.11 Å². The van der Waals surface area contributed by atoms with Crippen LogP contribution in [0.1, 0.15) is 27.8 Å². The molecule has 0 fully saturated rings. The number of rotatable bonds is 7. The van der Waals surface area contributed by atoms with E-state index in [1.165, 1.54) is 30.9 Å². The summed E-state index contributed by atoms with van der Waals surface area (Å²) in [6.07, 6.45) is 1.48. The van der Waals surface area contributed by atoms with Gasteiger partial charge in [-0.25, -0.2) is 0 Å². The van der Waals surface area contributed by atoms with E-state index in [1.807, 2.05) is 0 Å². The Bertz CT molecular complexity index is 456. The van der Waals surface area contributed by atoms with Crippen LogP contribution in [0, 0.1) is 0 Å². The van der Waals surface area contributed by atoms with Crippen LogP contribution in [0.4, 0.5) is 0 Å². The van der Waals surface area contributed by atoms with E-state index in [0.29, 0.717) is 23.6 Å². The highest BCUT2D eigenvalue weighted by molar-refractivity contribution is 7.99. The van der Waals surface area contributed by atoms with Gasteiger partial charge in [0.2, 0.25) is 0 Å². The van der Waals surface area contributed by atoms with Crippen molar-refractivity contribution in [1.82, 2.24) is 10.3 Å². The summed E-state index contributed by atoms with van der Waals surface area (Å²) in [6, 6.07) is 1.49. The average molecular weight is 270 g/mol. The topological polar surface area (TPSA) is 99.3 Å². The standard InChI is InChI=1S/C11H14N2O4S/c1-7(14)8-4-9(13-5-8)11(17)12-2-3-18-6-10(15)16/h4-5,13H,2-3,6H2,1H3,(H,12,17)(H,15,16). The van der Waals surface area contributed by atoms with Gasteiger partial charge in [-0.2, -0.15) is 0 Å². The first-order chi connectivity index (χ1) is 8.50. The lowest BCUT2D eigenvalue weighted by atomic mass is 10.2. The molecule has 1 heterocycles. The number of hydrogen-bond donors (Lipinski definition) is 3. The Kier molecular flexibility index (Phi) is 5.44. The molecular formula is C11H14N2O4S. The number of amides is 1. The lowest BCUT2D eigenvalue weighted by Crippen LogP contribution is -2.26. The van der Waals surface area contributed by atoms with E-state index in [0.717, 1.165) is 0 Å². The number of carboxylic acids is 1. The molecule has 1 aromatic heterocycles. The first-order valence-electron chi connectivity index (χ1n) is 5.28. The summed E-state index contributed by atoms with van der Waals surface area (Å²) in [5, 5.41) is 11.0. The summed E-state index contributed by atoms with van der Waals surface area (Å²) in [6.45, 7) is 1.80. The van der Waals surface area contributed by atoms with Crippen molar-refractivity contribution in [3.63, 3.8) is 0 Å². The lowest BCUT2D eigenvalue weighted by Gasteiger charge is -2.02. The Hall–Kier alpha value is -1.76. The molecule has 0 spiro atoms. The molecule has 1 rings (SSSR count). The van der Waals surface area contributed by atoms with Gasteiger partial charge < -0.3 is 15.4 Å². The van der Waals surface area contributed by atoms with Crippen molar-refractivity contribution < 1.29 is 19.5 Å². The molecule has 0 aliphatic heterocycles. The van der Waals surface area contributed by atoms with Crippen molar-refractivity contribution in [2.45, 2.75) is 6.92 Å². The monoisotopic (exact) mass is 270 g/mol. The fourth-order valence-corrected chi connectivity index (χ4v) is 1.79. The first kappa shape index (κ1) is 14.3. The van der Waals surface area contributed by atoms with Gasteiger partial charge in [-0.15, -0.1) is 11.8 Å². The van der Waals surface area contributed by atoms with Gasteiger partial charge in [0.05, 0.1) is 5.75 Å². The number of nitrogens with one attached hydrogen (secondary N) is 2. The summed E-state index contributed by atoms with van der Waals surface area (Å²) in [5.74, 6) is -0.743. The second-order valence-corrected chi connectivity index (χ2v) is 4.67. The second-order valence-electron chi connectivity index (χ2n) is 3.56. The third-order valence-corrected chi connectivity index (χ3v) is 3.04. The molecule has 0 atom stereocenters. The highest BCUT2D eigenvalue weighted by Crippen LogP contribution is 2.04. The Balaban J connectivity index is 2.32. The quantitative estimate of drug-likeness (QED) is 0.502. The van der Waals surface area contributed by atoms with E-state index in [9.17, 15) is 14.4 Å². The van der Waals surface area contributed by atoms with Gasteiger partial charge in [0.25, 0.3) is 5.91 Å². The zero-order chi connectivity index (χ0) is 13.5. The number of Topliss-reactive ketones (excluding diaryl/α,β-unsaturated/α-hetero) is 1. The molecule has 0 unspecified atom stereocenters. The summed E-state index contributed by atoms with van der Waals surface area (Å²) < 4.78 is 0. The smallest absolute Gasteiger partial charge is 0.313 e. The van der Waals surface area contributed by atoms with Crippen LogP contribution in [0.3, 0.4) is 0 Å². The average Bonchev–Trinajstić information content (AvgIpc) is 2.77. The van der Waals surface area contributed by atoms with Crippen molar-refractivity contribution in [2.24, 2.45) is 0 Å². The van der Waals surface area contributed by atoms with Crippen LogP contribution in [0.2, 0.25) is 0 Å². The minimum absolute atomic E-state index is 0.0207. The van der Waals surface area contributed by atoms with Gasteiger partial charge in [-0.3, -0.25) is 14.4 Å². The molecule has 7 heteroatoms. The van der Waals surface area contributed by atoms with Crippen LogP contribution in [-0.4, -0.2) is 45.8 Å². The van der Waals surface area contributed by atoms with Crippen molar-refractivity contribution in [2.75, 3.05) is 18.1 Å². The summed E-state index contributed by atoms with van der Waals surface area (Å²) >= 11 is 1.23. The maximum atomic E-state index is 11.6. The van der Waals surface area contributed by atoms with E-state index in [-0.39, 0.29) is 17.4 Å². The molecule has 0 saturated carbocycles. The van der Waals surface area contributed by atoms with Gasteiger partial charge in [0.15, 0.2) is 5.78 Å².